The van der Waals surface area contributed by atoms with E-state index >= 15 is 0 Å². The lowest BCUT2D eigenvalue weighted by Gasteiger charge is -2.33. The number of rotatable bonds is 5. The van der Waals surface area contributed by atoms with Gasteiger partial charge in [0.25, 0.3) is 18.1 Å². The molecule has 0 heterocycles. The van der Waals surface area contributed by atoms with E-state index in [4.69, 9.17) is 4.74 Å². The number of nitrogens with one attached hydrogen (secondary N) is 1. The standard InChI is InChI=1S/C14H16N2O5/c17-10-21-14(8-2-1-3-9-14)13(18)15-11-4-6-12(7-5-11)16(19)20/h4-7,10H,1-3,8-9H2,(H,15,18). The van der Waals surface area contributed by atoms with Gasteiger partial charge < -0.3 is 10.1 Å². The molecule has 1 saturated carbocycles. The zero-order chi connectivity index (χ0) is 15.3. The van der Waals surface area contributed by atoms with E-state index in [2.05, 4.69) is 5.32 Å². The van der Waals surface area contributed by atoms with Gasteiger partial charge in [0.1, 0.15) is 0 Å². The second-order valence-corrected chi connectivity index (χ2v) is 5.03. The molecule has 7 heteroatoms. The minimum atomic E-state index is -1.12. The lowest BCUT2D eigenvalue weighted by atomic mass is 9.84. The first-order chi connectivity index (χ1) is 10.1. The van der Waals surface area contributed by atoms with Gasteiger partial charge in [-0.05, 0) is 37.8 Å². The van der Waals surface area contributed by atoms with Crippen LogP contribution in [0.5, 0.6) is 0 Å². The van der Waals surface area contributed by atoms with Crippen LogP contribution in [0.4, 0.5) is 11.4 Å². The number of anilines is 1. The van der Waals surface area contributed by atoms with E-state index in [-0.39, 0.29) is 11.6 Å². The molecule has 21 heavy (non-hydrogen) atoms. The molecule has 7 nitrogen and oxygen atoms in total. The molecule has 2 rings (SSSR count). The summed E-state index contributed by atoms with van der Waals surface area (Å²) < 4.78 is 5.07. The highest BCUT2D eigenvalue weighted by Gasteiger charge is 2.41. The molecule has 1 aromatic rings. The Morgan fingerprint density at radius 1 is 1.24 bits per heavy atom. The quantitative estimate of drug-likeness (QED) is 0.510. The third kappa shape index (κ3) is 3.36. The van der Waals surface area contributed by atoms with Crippen LogP contribution in [0.25, 0.3) is 0 Å². The Kier molecular flexibility index (Phi) is 4.52. The molecule has 112 valence electrons. The van der Waals surface area contributed by atoms with Gasteiger partial charge in [-0.25, -0.2) is 0 Å². The highest BCUT2D eigenvalue weighted by atomic mass is 16.6. The summed E-state index contributed by atoms with van der Waals surface area (Å²) in [6, 6.07) is 5.52. The third-order valence-electron chi connectivity index (χ3n) is 3.68. The van der Waals surface area contributed by atoms with Gasteiger partial charge in [-0.15, -0.1) is 0 Å². The van der Waals surface area contributed by atoms with Crippen LogP contribution in [0.1, 0.15) is 32.1 Å². The van der Waals surface area contributed by atoms with E-state index in [0.717, 1.165) is 19.3 Å². The Balaban J connectivity index is 2.11. The fourth-order valence-corrected chi connectivity index (χ4v) is 2.52. The summed E-state index contributed by atoms with van der Waals surface area (Å²) in [4.78, 5) is 33.1. The second kappa shape index (κ2) is 6.34. The fourth-order valence-electron chi connectivity index (χ4n) is 2.52. The van der Waals surface area contributed by atoms with Crippen LogP contribution in [0, 0.1) is 10.1 Å². The molecule has 0 spiro atoms. The second-order valence-electron chi connectivity index (χ2n) is 5.03. The number of carbonyl (C=O) groups excluding carboxylic acids is 2. The summed E-state index contributed by atoms with van der Waals surface area (Å²) in [5.74, 6) is -0.386. The normalized spacial score (nSPS) is 16.8. The highest BCUT2D eigenvalue weighted by Crippen LogP contribution is 2.32. The van der Waals surface area contributed by atoms with E-state index in [1.165, 1.54) is 24.3 Å². The number of nitro benzene ring substituents is 1. The monoisotopic (exact) mass is 292 g/mol. The van der Waals surface area contributed by atoms with Crippen molar-refractivity contribution in [2.24, 2.45) is 0 Å². The molecule has 1 N–H and O–H groups in total. The number of carbonyl (C=O) groups is 2. The number of ether oxygens (including phenoxy) is 1. The average molecular weight is 292 g/mol. The van der Waals surface area contributed by atoms with Gasteiger partial charge >= 0.3 is 0 Å². The molecular weight excluding hydrogens is 276 g/mol. The van der Waals surface area contributed by atoms with E-state index in [0.29, 0.717) is 25.0 Å². The minimum Gasteiger partial charge on any atom is -0.451 e. The Morgan fingerprint density at radius 3 is 2.38 bits per heavy atom. The molecule has 0 aliphatic heterocycles. The first kappa shape index (κ1) is 15.0. The lowest BCUT2D eigenvalue weighted by molar-refractivity contribution is -0.384. The summed E-state index contributed by atoms with van der Waals surface area (Å²) >= 11 is 0. The Hall–Kier alpha value is -2.44. The lowest BCUT2D eigenvalue weighted by Crippen LogP contribution is -2.46. The van der Waals surface area contributed by atoms with E-state index < -0.39 is 10.5 Å². The molecule has 0 atom stereocenters. The number of nitro groups is 1. The van der Waals surface area contributed by atoms with Gasteiger partial charge in [0, 0.05) is 17.8 Å². The summed E-state index contributed by atoms with van der Waals surface area (Å²) in [6.07, 6.45) is 3.63. The molecule has 0 radical (unpaired) electrons. The maximum absolute atomic E-state index is 12.4. The van der Waals surface area contributed by atoms with Crippen LogP contribution in [-0.4, -0.2) is 22.9 Å². The van der Waals surface area contributed by atoms with Crippen molar-refractivity contribution in [3.63, 3.8) is 0 Å². The zero-order valence-electron chi connectivity index (χ0n) is 11.4. The van der Waals surface area contributed by atoms with Crippen molar-refractivity contribution < 1.29 is 19.2 Å². The van der Waals surface area contributed by atoms with Crippen LogP contribution >= 0.6 is 0 Å². The van der Waals surface area contributed by atoms with Crippen LogP contribution < -0.4 is 5.32 Å². The number of non-ortho nitro benzene ring substituents is 1. The number of nitrogens with zero attached hydrogens (tertiary/aromatic N) is 1. The van der Waals surface area contributed by atoms with Gasteiger partial charge in [0.2, 0.25) is 0 Å². The van der Waals surface area contributed by atoms with Crippen LogP contribution in [0.2, 0.25) is 0 Å². The molecule has 0 aromatic heterocycles. The molecule has 0 bridgehead atoms. The molecule has 1 aliphatic carbocycles. The van der Waals surface area contributed by atoms with Gasteiger partial charge in [-0.2, -0.15) is 0 Å². The maximum atomic E-state index is 12.4. The average Bonchev–Trinajstić information content (AvgIpc) is 2.49. The summed E-state index contributed by atoms with van der Waals surface area (Å²) in [6.45, 7) is 0.306. The summed E-state index contributed by atoms with van der Waals surface area (Å²) in [5, 5.41) is 13.2. The first-order valence-corrected chi connectivity index (χ1v) is 6.75. The van der Waals surface area contributed by atoms with E-state index in [1.54, 1.807) is 0 Å². The van der Waals surface area contributed by atoms with Gasteiger partial charge in [0.05, 0.1) is 4.92 Å². The van der Waals surface area contributed by atoms with Crippen molar-refractivity contribution in [3.8, 4) is 0 Å². The molecule has 1 fully saturated rings. The van der Waals surface area contributed by atoms with Crippen molar-refractivity contribution in [3.05, 3.63) is 34.4 Å². The van der Waals surface area contributed by atoms with Crippen LogP contribution in [0.3, 0.4) is 0 Å². The molecule has 0 saturated heterocycles. The number of hydrogen-bond acceptors (Lipinski definition) is 5. The Morgan fingerprint density at radius 2 is 1.86 bits per heavy atom. The molecular formula is C14H16N2O5. The fraction of sp³-hybridized carbons (Fsp3) is 0.429. The summed E-state index contributed by atoms with van der Waals surface area (Å²) in [5.41, 5.74) is -0.739. The van der Waals surface area contributed by atoms with Gasteiger partial charge in [-0.1, -0.05) is 6.42 Å². The van der Waals surface area contributed by atoms with Crippen molar-refractivity contribution in [1.82, 2.24) is 0 Å². The van der Waals surface area contributed by atoms with Crippen LogP contribution in [-0.2, 0) is 14.3 Å². The first-order valence-electron chi connectivity index (χ1n) is 6.75. The number of hydrogen-bond donors (Lipinski definition) is 1. The topological polar surface area (TPSA) is 98.5 Å². The van der Waals surface area contributed by atoms with Crippen LogP contribution in [0.15, 0.2) is 24.3 Å². The highest BCUT2D eigenvalue weighted by molar-refractivity contribution is 5.98. The van der Waals surface area contributed by atoms with E-state index in [9.17, 15) is 19.7 Å². The largest absolute Gasteiger partial charge is 0.451 e. The van der Waals surface area contributed by atoms with Crippen molar-refractivity contribution in [2.45, 2.75) is 37.7 Å². The molecule has 1 aliphatic rings. The van der Waals surface area contributed by atoms with Gasteiger partial charge in [-0.3, -0.25) is 19.7 Å². The minimum absolute atomic E-state index is 0.0514. The van der Waals surface area contributed by atoms with Crippen molar-refractivity contribution >= 4 is 23.8 Å². The smallest absolute Gasteiger partial charge is 0.294 e. The third-order valence-corrected chi connectivity index (χ3v) is 3.68. The van der Waals surface area contributed by atoms with E-state index in [1.807, 2.05) is 0 Å². The molecule has 0 unspecified atom stereocenters. The number of amides is 1. The maximum Gasteiger partial charge on any atom is 0.294 e. The van der Waals surface area contributed by atoms with Crippen molar-refractivity contribution in [2.75, 3.05) is 5.32 Å². The zero-order valence-corrected chi connectivity index (χ0v) is 11.4. The van der Waals surface area contributed by atoms with Gasteiger partial charge in [0.15, 0.2) is 5.60 Å². The number of benzene rings is 1. The SMILES string of the molecule is O=COC1(C(=O)Nc2ccc([N+](=O)[O-])cc2)CCCCC1. The molecule has 1 amide bonds. The predicted molar refractivity (Wildman–Crippen MR) is 74.7 cm³/mol. The molecule has 1 aromatic carbocycles. The Labute approximate surface area is 121 Å². The van der Waals surface area contributed by atoms with Crippen molar-refractivity contribution in [1.29, 1.82) is 0 Å². The predicted octanol–water partition coefficient (Wildman–Crippen LogP) is 2.41. The Bertz CT molecular complexity index is 535. The summed E-state index contributed by atoms with van der Waals surface area (Å²) in [7, 11) is 0.